The molecular formula is C13H11ClF3NO2. The molecule has 0 aliphatic carbocycles. The molecule has 108 valence electrons. The molecule has 0 amide bonds. The number of aromatic carboxylic acids is 1. The Balaban J connectivity index is 2.30. The van der Waals surface area contributed by atoms with E-state index in [0.717, 1.165) is 6.08 Å². The van der Waals surface area contributed by atoms with Crippen LogP contribution in [0.5, 0.6) is 0 Å². The maximum atomic E-state index is 12.5. The highest BCUT2D eigenvalue weighted by Crippen LogP contribution is 2.33. The van der Waals surface area contributed by atoms with Gasteiger partial charge in [-0.1, -0.05) is 23.7 Å². The highest BCUT2D eigenvalue weighted by molar-refractivity contribution is 6.34. The van der Waals surface area contributed by atoms with Crippen LogP contribution in [0.25, 0.3) is 0 Å². The summed E-state index contributed by atoms with van der Waals surface area (Å²) in [6.45, 7) is 0.113. The van der Waals surface area contributed by atoms with Gasteiger partial charge in [-0.05, 0) is 18.6 Å². The summed E-state index contributed by atoms with van der Waals surface area (Å²) in [5, 5.41) is 9.22. The van der Waals surface area contributed by atoms with E-state index in [1.807, 2.05) is 0 Å². The lowest BCUT2D eigenvalue weighted by molar-refractivity contribution is -0.0944. The second-order valence-electron chi connectivity index (χ2n) is 4.36. The first kappa shape index (κ1) is 14.7. The molecule has 1 aliphatic rings. The van der Waals surface area contributed by atoms with E-state index in [2.05, 4.69) is 0 Å². The van der Waals surface area contributed by atoms with Gasteiger partial charge in [-0.3, -0.25) is 0 Å². The van der Waals surface area contributed by atoms with Gasteiger partial charge in [0.05, 0.1) is 10.7 Å². The minimum Gasteiger partial charge on any atom is -0.478 e. The number of alkyl halides is 3. The molecule has 7 heteroatoms. The lowest BCUT2D eigenvalue weighted by Crippen LogP contribution is -2.32. The minimum absolute atomic E-state index is 0.00939. The monoisotopic (exact) mass is 305 g/mol. The van der Waals surface area contributed by atoms with Crippen LogP contribution < -0.4 is 4.90 Å². The zero-order valence-electron chi connectivity index (χ0n) is 10.2. The van der Waals surface area contributed by atoms with E-state index in [0.29, 0.717) is 5.69 Å². The smallest absolute Gasteiger partial charge is 0.412 e. The molecule has 1 heterocycles. The van der Waals surface area contributed by atoms with E-state index in [4.69, 9.17) is 16.7 Å². The van der Waals surface area contributed by atoms with Gasteiger partial charge in [0.1, 0.15) is 5.56 Å². The van der Waals surface area contributed by atoms with Gasteiger partial charge >= 0.3 is 12.1 Å². The van der Waals surface area contributed by atoms with Crippen LogP contribution in [-0.2, 0) is 0 Å². The average Bonchev–Trinajstić information content (AvgIpc) is 2.37. The third kappa shape index (κ3) is 2.90. The van der Waals surface area contributed by atoms with Gasteiger partial charge < -0.3 is 10.0 Å². The fourth-order valence-electron chi connectivity index (χ4n) is 2.13. The molecule has 1 N–H and O–H groups in total. The van der Waals surface area contributed by atoms with Crippen molar-refractivity contribution in [3.63, 3.8) is 0 Å². The molecule has 1 aliphatic heterocycles. The predicted octanol–water partition coefficient (Wildman–Crippen LogP) is 3.74. The van der Waals surface area contributed by atoms with E-state index in [9.17, 15) is 18.0 Å². The van der Waals surface area contributed by atoms with Gasteiger partial charge in [0.25, 0.3) is 0 Å². The van der Waals surface area contributed by atoms with Crippen molar-refractivity contribution in [2.24, 2.45) is 0 Å². The summed E-state index contributed by atoms with van der Waals surface area (Å²) >= 11 is 5.84. The molecule has 0 saturated heterocycles. The number of carbonyl (C=O) groups is 1. The third-order valence-electron chi connectivity index (χ3n) is 3.12. The number of carboxylic acid groups (broad SMARTS) is 1. The van der Waals surface area contributed by atoms with Crippen LogP contribution >= 0.6 is 11.6 Å². The number of halogens is 4. The zero-order valence-corrected chi connectivity index (χ0v) is 11.0. The van der Waals surface area contributed by atoms with Crippen LogP contribution in [0.3, 0.4) is 0 Å². The quantitative estimate of drug-likeness (QED) is 0.846. The summed E-state index contributed by atoms with van der Waals surface area (Å²) in [7, 11) is 0. The van der Waals surface area contributed by atoms with Crippen molar-refractivity contribution in [3.8, 4) is 0 Å². The van der Waals surface area contributed by atoms with Crippen LogP contribution in [0.1, 0.15) is 16.8 Å². The average molecular weight is 306 g/mol. The molecule has 0 aromatic heterocycles. The SMILES string of the molecule is O=C(O)c1c(Cl)cccc1N1CC=C(C(F)(F)F)CC1. The maximum Gasteiger partial charge on any atom is 0.412 e. The molecule has 0 unspecified atom stereocenters. The molecule has 20 heavy (non-hydrogen) atoms. The summed E-state index contributed by atoms with van der Waals surface area (Å²) in [6.07, 6.45) is -3.42. The van der Waals surface area contributed by atoms with Crippen molar-refractivity contribution in [1.29, 1.82) is 0 Å². The Morgan fingerprint density at radius 1 is 1.35 bits per heavy atom. The largest absolute Gasteiger partial charge is 0.478 e. The molecule has 3 nitrogen and oxygen atoms in total. The van der Waals surface area contributed by atoms with Gasteiger partial charge in [0.15, 0.2) is 0 Å². The summed E-state index contributed by atoms with van der Waals surface area (Å²) < 4.78 is 37.6. The second kappa shape index (κ2) is 5.36. The number of benzene rings is 1. The highest BCUT2D eigenvalue weighted by atomic mass is 35.5. The molecule has 0 radical (unpaired) electrons. The van der Waals surface area contributed by atoms with E-state index in [1.165, 1.54) is 6.07 Å². The molecule has 0 atom stereocenters. The van der Waals surface area contributed by atoms with Crippen molar-refractivity contribution in [1.82, 2.24) is 0 Å². The van der Waals surface area contributed by atoms with Crippen LogP contribution in [0.15, 0.2) is 29.8 Å². The van der Waals surface area contributed by atoms with Gasteiger partial charge in [-0.25, -0.2) is 4.79 Å². The van der Waals surface area contributed by atoms with Crippen LogP contribution in [0, 0.1) is 0 Å². The van der Waals surface area contributed by atoms with E-state index < -0.39 is 17.7 Å². The van der Waals surface area contributed by atoms with Crippen molar-refractivity contribution in [3.05, 3.63) is 40.4 Å². The first-order valence-electron chi connectivity index (χ1n) is 5.83. The summed E-state index contributed by atoms with van der Waals surface area (Å²) in [5.41, 5.74) is -0.326. The Bertz CT molecular complexity index is 569. The first-order valence-corrected chi connectivity index (χ1v) is 6.21. The molecule has 0 spiro atoms. The second-order valence-corrected chi connectivity index (χ2v) is 4.77. The number of rotatable bonds is 2. The Labute approximate surface area is 118 Å². The van der Waals surface area contributed by atoms with Gasteiger partial charge in [-0.15, -0.1) is 0 Å². The van der Waals surface area contributed by atoms with E-state index in [-0.39, 0.29) is 30.1 Å². The van der Waals surface area contributed by atoms with Gasteiger partial charge in [0, 0.05) is 18.7 Å². The van der Waals surface area contributed by atoms with Crippen molar-refractivity contribution < 1.29 is 23.1 Å². The van der Waals surface area contributed by atoms with E-state index >= 15 is 0 Å². The number of hydrogen-bond donors (Lipinski definition) is 1. The summed E-state index contributed by atoms with van der Waals surface area (Å²) in [4.78, 5) is 12.8. The number of carboxylic acids is 1. The Morgan fingerprint density at radius 3 is 2.55 bits per heavy atom. The Morgan fingerprint density at radius 2 is 2.05 bits per heavy atom. The van der Waals surface area contributed by atoms with Crippen molar-refractivity contribution in [2.45, 2.75) is 12.6 Å². The fraction of sp³-hybridized carbons (Fsp3) is 0.308. The number of anilines is 1. The summed E-state index contributed by atoms with van der Waals surface area (Å²) in [5.74, 6) is -1.20. The minimum atomic E-state index is -4.32. The van der Waals surface area contributed by atoms with Crippen LogP contribution in [-0.4, -0.2) is 30.3 Å². The normalized spacial score (nSPS) is 16.0. The molecule has 1 aromatic carbocycles. The standard InChI is InChI=1S/C13H11ClF3NO2/c14-9-2-1-3-10(11(9)12(19)20)18-6-4-8(5-7-18)13(15,16)17/h1-4H,5-7H2,(H,19,20). The maximum absolute atomic E-state index is 12.5. The van der Waals surface area contributed by atoms with Crippen LogP contribution in [0.2, 0.25) is 5.02 Å². The van der Waals surface area contributed by atoms with Crippen molar-refractivity contribution in [2.75, 3.05) is 18.0 Å². The topological polar surface area (TPSA) is 40.5 Å². The molecule has 0 saturated carbocycles. The molecule has 1 aromatic rings. The van der Waals surface area contributed by atoms with Crippen molar-refractivity contribution >= 4 is 23.3 Å². The van der Waals surface area contributed by atoms with Crippen LogP contribution in [0.4, 0.5) is 18.9 Å². The lowest BCUT2D eigenvalue weighted by atomic mass is 10.1. The molecule has 0 bridgehead atoms. The van der Waals surface area contributed by atoms with Gasteiger partial charge in [0.2, 0.25) is 0 Å². The third-order valence-corrected chi connectivity index (χ3v) is 3.43. The highest BCUT2D eigenvalue weighted by Gasteiger charge is 2.35. The lowest BCUT2D eigenvalue weighted by Gasteiger charge is -2.30. The summed E-state index contributed by atoms with van der Waals surface area (Å²) in [6, 6.07) is 4.56. The predicted molar refractivity (Wildman–Crippen MR) is 69.4 cm³/mol. The van der Waals surface area contributed by atoms with E-state index in [1.54, 1.807) is 17.0 Å². The van der Waals surface area contributed by atoms with Gasteiger partial charge in [-0.2, -0.15) is 13.2 Å². The molecule has 0 fully saturated rings. The molecular weight excluding hydrogens is 295 g/mol. The fourth-order valence-corrected chi connectivity index (χ4v) is 2.38. The number of nitrogens with zero attached hydrogens (tertiary/aromatic N) is 1. The Kier molecular flexibility index (Phi) is 3.94. The first-order chi connectivity index (χ1) is 9.30. The Hall–Kier alpha value is -1.69. The number of hydrogen-bond acceptors (Lipinski definition) is 2. The molecule has 2 rings (SSSR count). The zero-order chi connectivity index (χ0) is 14.9.